The van der Waals surface area contributed by atoms with Gasteiger partial charge in [0, 0.05) is 33.1 Å². The molecule has 0 radical (unpaired) electrons. The number of amides is 2. The summed E-state index contributed by atoms with van der Waals surface area (Å²) in [4.78, 5) is 25.4. The smallest absolute Gasteiger partial charge is 0.410 e. The molecule has 6 heteroatoms. The van der Waals surface area contributed by atoms with Crippen molar-refractivity contribution in [1.29, 1.82) is 0 Å². The van der Waals surface area contributed by atoms with Crippen molar-refractivity contribution in [2.45, 2.75) is 45.3 Å². The first-order valence-corrected chi connectivity index (χ1v) is 7.19. The van der Waals surface area contributed by atoms with Crippen molar-refractivity contribution in [3.05, 3.63) is 0 Å². The molecule has 0 aliphatic carbocycles. The normalized spacial score (nSPS) is 29.8. The molecule has 2 rings (SSSR count). The highest BCUT2D eigenvalue weighted by Gasteiger charge is 2.48. The Hall–Kier alpha value is -1.30. The Bertz CT molecular complexity index is 405. The van der Waals surface area contributed by atoms with Crippen LogP contribution in [0.4, 0.5) is 4.79 Å². The SMILES string of the molecule is CC(=O)N[C@@]12CNC[C@@H]1CCN(C(=O)OC(C)(C)C)C2. The van der Waals surface area contributed by atoms with Gasteiger partial charge in [0.2, 0.25) is 5.91 Å². The number of fused-ring (bicyclic) bond motifs is 1. The zero-order chi connectivity index (χ0) is 15.0. The lowest BCUT2D eigenvalue weighted by Gasteiger charge is -2.44. The molecule has 2 aliphatic rings. The molecule has 0 saturated carbocycles. The average molecular weight is 283 g/mol. The zero-order valence-electron chi connectivity index (χ0n) is 12.8. The standard InChI is InChI=1S/C14H25N3O3/c1-10(18)16-14-8-15-7-11(14)5-6-17(9-14)12(19)20-13(2,3)4/h11,15H,5-9H2,1-4H3,(H,16,18)/t11-,14+/m0/s1. The molecule has 0 unspecified atom stereocenters. The molecule has 2 saturated heterocycles. The topological polar surface area (TPSA) is 70.7 Å². The van der Waals surface area contributed by atoms with Gasteiger partial charge in [-0.15, -0.1) is 0 Å². The fourth-order valence-electron chi connectivity index (χ4n) is 3.12. The minimum absolute atomic E-state index is 0.0512. The Morgan fingerprint density at radius 2 is 2.10 bits per heavy atom. The molecule has 20 heavy (non-hydrogen) atoms. The largest absolute Gasteiger partial charge is 0.444 e. The van der Waals surface area contributed by atoms with Crippen molar-refractivity contribution in [1.82, 2.24) is 15.5 Å². The first-order valence-electron chi connectivity index (χ1n) is 7.19. The number of ether oxygens (including phenoxy) is 1. The highest BCUT2D eigenvalue weighted by molar-refractivity contribution is 5.74. The molecular weight excluding hydrogens is 258 g/mol. The van der Waals surface area contributed by atoms with Crippen molar-refractivity contribution in [2.24, 2.45) is 5.92 Å². The lowest BCUT2D eigenvalue weighted by Crippen LogP contribution is -2.64. The molecule has 0 aromatic heterocycles. The van der Waals surface area contributed by atoms with Gasteiger partial charge in [-0.2, -0.15) is 0 Å². The van der Waals surface area contributed by atoms with E-state index in [0.29, 0.717) is 25.6 Å². The van der Waals surface area contributed by atoms with Gasteiger partial charge in [0.05, 0.1) is 5.54 Å². The number of hydrogen-bond donors (Lipinski definition) is 2. The lowest BCUT2D eigenvalue weighted by molar-refractivity contribution is -0.122. The van der Waals surface area contributed by atoms with E-state index in [2.05, 4.69) is 10.6 Å². The van der Waals surface area contributed by atoms with Crippen molar-refractivity contribution >= 4 is 12.0 Å². The minimum Gasteiger partial charge on any atom is -0.444 e. The first kappa shape index (κ1) is 15.1. The Morgan fingerprint density at radius 1 is 1.40 bits per heavy atom. The molecule has 0 bridgehead atoms. The average Bonchev–Trinajstić information content (AvgIpc) is 2.67. The van der Waals surface area contributed by atoms with E-state index in [9.17, 15) is 9.59 Å². The van der Waals surface area contributed by atoms with Crippen LogP contribution in [-0.2, 0) is 9.53 Å². The number of carbonyl (C=O) groups is 2. The van der Waals surface area contributed by atoms with Crippen molar-refractivity contribution in [3.63, 3.8) is 0 Å². The summed E-state index contributed by atoms with van der Waals surface area (Å²) in [6.45, 7) is 9.90. The molecule has 114 valence electrons. The number of carbonyl (C=O) groups excluding carboxylic acids is 2. The van der Waals surface area contributed by atoms with Crippen LogP contribution in [0.1, 0.15) is 34.1 Å². The van der Waals surface area contributed by atoms with Crippen LogP contribution in [-0.4, -0.2) is 54.2 Å². The first-order chi connectivity index (χ1) is 9.22. The molecule has 0 aromatic rings. The zero-order valence-corrected chi connectivity index (χ0v) is 12.8. The third-order valence-corrected chi connectivity index (χ3v) is 3.91. The van der Waals surface area contributed by atoms with Crippen LogP contribution in [0.3, 0.4) is 0 Å². The third kappa shape index (κ3) is 3.23. The predicted molar refractivity (Wildman–Crippen MR) is 75.3 cm³/mol. The molecule has 2 aliphatic heterocycles. The van der Waals surface area contributed by atoms with E-state index < -0.39 is 5.60 Å². The summed E-state index contributed by atoms with van der Waals surface area (Å²) in [5.74, 6) is 0.329. The fraction of sp³-hybridized carbons (Fsp3) is 0.857. The highest BCUT2D eigenvalue weighted by atomic mass is 16.6. The van der Waals surface area contributed by atoms with Gasteiger partial charge in [0.1, 0.15) is 5.60 Å². The second kappa shape index (κ2) is 5.24. The molecule has 0 aromatic carbocycles. The molecule has 6 nitrogen and oxygen atoms in total. The van der Waals surface area contributed by atoms with E-state index in [4.69, 9.17) is 4.74 Å². The molecule has 0 spiro atoms. The van der Waals surface area contributed by atoms with E-state index >= 15 is 0 Å². The van der Waals surface area contributed by atoms with Crippen LogP contribution in [0.15, 0.2) is 0 Å². The summed E-state index contributed by atoms with van der Waals surface area (Å²) < 4.78 is 5.43. The third-order valence-electron chi connectivity index (χ3n) is 3.91. The summed E-state index contributed by atoms with van der Waals surface area (Å²) in [5, 5.41) is 6.38. The molecule has 2 atom stereocenters. The second-order valence-corrected chi connectivity index (χ2v) is 6.86. The number of piperidine rings is 1. The van der Waals surface area contributed by atoms with Gasteiger partial charge < -0.3 is 20.3 Å². The van der Waals surface area contributed by atoms with E-state index in [1.165, 1.54) is 6.92 Å². The number of rotatable bonds is 1. The van der Waals surface area contributed by atoms with Crippen molar-refractivity contribution in [3.8, 4) is 0 Å². The monoisotopic (exact) mass is 283 g/mol. The molecule has 2 fully saturated rings. The Morgan fingerprint density at radius 3 is 2.70 bits per heavy atom. The van der Waals surface area contributed by atoms with E-state index in [1.807, 2.05) is 20.8 Å². The minimum atomic E-state index is -0.497. The Balaban J connectivity index is 2.08. The fourth-order valence-corrected chi connectivity index (χ4v) is 3.12. The van der Waals surface area contributed by atoms with Crippen molar-refractivity contribution in [2.75, 3.05) is 26.2 Å². The van der Waals surface area contributed by atoms with E-state index in [-0.39, 0.29) is 17.5 Å². The van der Waals surface area contributed by atoms with Gasteiger partial charge in [-0.1, -0.05) is 0 Å². The summed E-state index contributed by atoms with van der Waals surface area (Å²) >= 11 is 0. The maximum atomic E-state index is 12.2. The number of hydrogen-bond acceptors (Lipinski definition) is 4. The lowest BCUT2D eigenvalue weighted by atomic mass is 9.81. The number of nitrogens with zero attached hydrogens (tertiary/aromatic N) is 1. The maximum Gasteiger partial charge on any atom is 0.410 e. The summed E-state index contributed by atoms with van der Waals surface area (Å²) in [7, 11) is 0. The maximum absolute atomic E-state index is 12.2. The summed E-state index contributed by atoms with van der Waals surface area (Å²) in [5.41, 5.74) is -0.843. The summed E-state index contributed by atoms with van der Waals surface area (Å²) in [6.07, 6.45) is 0.583. The second-order valence-electron chi connectivity index (χ2n) is 6.86. The van der Waals surface area contributed by atoms with Crippen LogP contribution in [0.25, 0.3) is 0 Å². The quantitative estimate of drug-likeness (QED) is 0.744. The number of likely N-dealkylation sites (tertiary alicyclic amines) is 1. The van der Waals surface area contributed by atoms with Crippen LogP contribution in [0, 0.1) is 5.92 Å². The highest BCUT2D eigenvalue weighted by Crippen LogP contribution is 2.31. The predicted octanol–water partition coefficient (Wildman–Crippen LogP) is 0.721. The van der Waals surface area contributed by atoms with Gasteiger partial charge in [0.25, 0.3) is 0 Å². The number of nitrogens with one attached hydrogen (secondary N) is 2. The Kier molecular flexibility index (Phi) is 3.95. The molecular formula is C14H25N3O3. The van der Waals surface area contributed by atoms with Crippen LogP contribution < -0.4 is 10.6 Å². The van der Waals surface area contributed by atoms with Crippen LogP contribution in [0.5, 0.6) is 0 Å². The van der Waals surface area contributed by atoms with Gasteiger partial charge in [0.15, 0.2) is 0 Å². The Labute approximate surface area is 120 Å². The van der Waals surface area contributed by atoms with Gasteiger partial charge in [-0.3, -0.25) is 4.79 Å². The molecule has 2 heterocycles. The van der Waals surface area contributed by atoms with E-state index in [0.717, 1.165) is 13.0 Å². The summed E-state index contributed by atoms with van der Waals surface area (Å²) in [6, 6.07) is 0. The van der Waals surface area contributed by atoms with Crippen LogP contribution >= 0.6 is 0 Å². The van der Waals surface area contributed by atoms with Gasteiger partial charge in [-0.25, -0.2) is 4.79 Å². The van der Waals surface area contributed by atoms with E-state index in [1.54, 1.807) is 4.90 Å². The van der Waals surface area contributed by atoms with Crippen LogP contribution in [0.2, 0.25) is 0 Å². The molecule has 2 amide bonds. The van der Waals surface area contributed by atoms with Gasteiger partial charge >= 0.3 is 6.09 Å². The van der Waals surface area contributed by atoms with Gasteiger partial charge in [-0.05, 0) is 33.1 Å². The molecule has 2 N–H and O–H groups in total. The van der Waals surface area contributed by atoms with Crippen molar-refractivity contribution < 1.29 is 14.3 Å².